The summed E-state index contributed by atoms with van der Waals surface area (Å²) in [7, 11) is 0. The molecule has 2 N–H and O–H groups in total. The summed E-state index contributed by atoms with van der Waals surface area (Å²) in [6, 6.07) is 11.6. The fourth-order valence-corrected chi connectivity index (χ4v) is 4.48. The summed E-state index contributed by atoms with van der Waals surface area (Å²) in [6.07, 6.45) is 0.972. The van der Waals surface area contributed by atoms with Gasteiger partial charge in [-0.05, 0) is 44.0 Å². The third-order valence-electron chi connectivity index (χ3n) is 6.63. The van der Waals surface area contributed by atoms with E-state index in [0.29, 0.717) is 5.70 Å². The summed E-state index contributed by atoms with van der Waals surface area (Å²) < 4.78 is 65.4. The van der Waals surface area contributed by atoms with Crippen molar-refractivity contribution in [1.29, 1.82) is 0 Å². The molecule has 1 aliphatic heterocycles. The van der Waals surface area contributed by atoms with Crippen molar-refractivity contribution < 1.29 is 46.3 Å². The number of halogens is 4. The molecule has 4 rings (SSSR count). The lowest BCUT2D eigenvalue weighted by molar-refractivity contribution is -0.157. The number of nitrogens with one attached hydrogen (secondary N) is 2. The molecule has 0 fully saturated rings. The van der Waals surface area contributed by atoms with Crippen molar-refractivity contribution >= 4 is 34.1 Å². The Kier molecular flexibility index (Phi) is 9.09. The Balaban J connectivity index is 1.59. The van der Waals surface area contributed by atoms with Gasteiger partial charge < -0.3 is 14.8 Å². The number of carbonyl (C=O) groups excluding carboxylic acids is 3. The van der Waals surface area contributed by atoms with Crippen molar-refractivity contribution in [3.8, 4) is 5.75 Å². The molecule has 0 saturated carbocycles. The van der Waals surface area contributed by atoms with Gasteiger partial charge in [-0.25, -0.2) is 8.78 Å². The van der Waals surface area contributed by atoms with E-state index < -0.39 is 76.9 Å². The Labute approximate surface area is 244 Å². The zero-order valence-corrected chi connectivity index (χ0v) is 23.9. The first-order valence-corrected chi connectivity index (χ1v) is 13.4. The van der Waals surface area contributed by atoms with Crippen LogP contribution in [-0.2, 0) is 24.0 Å². The molecule has 0 spiro atoms. The van der Waals surface area contributed by atoms with E-state index in [4.69, 9.17) is 14.3 Å². The number of benzene rings is 3. The second-order valence-electron chi connectivity index (χ2n) is 10.9. The molecule has 0 saturated heterocycles. The van der Waals surface area contributed by atoms with Gasteiger partial charge in [-0.3, -0.25) is 24.7 Å². The Morgan fingerprint density at radius 2 is 1.65 bits per heavy atom. The van der Waals surface area contributed by atoms with Gasteiger partial charge in [0.15, 0.2) is 28.8 Å². The predicted molar refractivity (Wildman–Crippen MR) is 148 cm³/mol. The van der Waals surface area contributed by atoms with Crippen LogP contribution in [0.4, 0.5) is 17.6 Å². The van der Waals surface area contributed by atoms with Gasteiger partial charge in [-0.1, -0.05) is 49.4 Å². The topological polar surface area (TPSA) is 103 Å². The number of hydroxylamine groups is 1. The van der Waals surface area contributed by atoms with Crippen molar-refractivity contribution in [3.63, 3.8) is 0 Å². The summed E-state index contributed by atoms with van der Waals surface area (Å²) in [5.41, 5.74) is 1.46. The molecule has 43 heavy (non-hydrogen) atoms. The maximum atomic E-state index is 14.1. The van der Waals surface area contributed by atoms with E-state index >= 15 is 0 Å². The predicted octanol–water partition coefficient (Wildman–Crippen LogP) is 5.29. The summed E-state index contributed by atoms with van der Waals surface area (Å²) in [4.78, 5) is 45.1. The summed E-state index contributed by atoms with van der Waals surface area (Å²) in [6.45, 7) is 5.31. The van der Waals surface area contributed by atoms with Crippen LogP contribution in [0.25, 0.3) is 16.5 Å². The molecule has 2 atom stereocenters. The first-order chi connectivity index (χ1) is 20.2. The van der Waals surface area contributed by atoms with Gasteiger partial charge in [-0.15, -0.1) is 0 Å². The lowest BCUT2D eigenvalue weighted by Crippen LogP contribution is -2.53. The second-order valence-corrected chi connectivity index (χ2v) is 10.9. The van der Waals surface area contributed by atoms with E-state index in [0.717, 1.165) is 16.3 Å². The Morgan fingerprint density at radius 1 is 1.00 bits per heavy atom. The molecule has 3 aromatic rings. The Bertz CT molecular complexity index is 1570. The van der Waals surface area contributed by atoms with Gasteiger partial charge in [0.2, 0.25) is 11.6 Å². The number of amides is 1. The van der Waals surface area contributed by atoms with Crippen molar-refractivity contribution in [2.24, 2.45) is 0 Å². The highest BCUT2D eigenvalue weighted by Gasteiger charge is 2.43. The highest BCUT2D eigenvalue weighted by atomic mass is 19.2. The number of hydrogen-bond acceptors (Lipinski definition) is 7. The lowest BCUT2D eigenvalue weighted by Gasteiger charge is -2.27. The number of hydrogen-bond donors (Lipinski definition) is 2. The van der Waals surface area contributed by atoms with Crippen molar-refractivity contribution in [2.45, 2.75) is 57.8 Å². The number of fused-ring (bicyclic) bond motifs is 1. The molecule has 8 nitrogen and oxygen atoms in total. The minimum Gasteiger partial charge on any atom is -0.479 e. The summed E-state index contributed by atoms with van der Waals surface area (Å²) >= 11 is 0. The maximum Gasteiger partial charge on any atom is 0.308 e. The van der Waals surface area contributed by atoms with Crippen LogP contribution in [0.2, 0.25) is 0 Å². The van der Waals surface area contributed by atoms with Gasteiger partial charge in [0, 0.05) is 11.6 Å². The molecular weight excluding hydrogens is 572 g/mol. The number of Topliss-reactive ketones (excluding diaryl/α,β-unsaturated/α-hetero) is 1. The maximum absolute atomic E-state index is 14.1. The van der Waals surface area contributed by atoms with Crippen molar-refractivity contribution in [2.75, 3.05) is 6.61 Å². The second kappa shape index (κ2) is 12.4. The molecule has 228 valence electrons. The molecule has 0 radical (unpaired) electrons. The van der Waals surface area contributed by atoms with Crippen LogP contribution in [0.5, 0.6) is 5.75 Å². The number of ether oxygens (including phenoxy) is 2. The van der Waals surface area contributed by atoms with E-state index in [1.165, 1.54) is 0 Å². The molecule has 1 heterocycles. The van der Waals surface area contributed by atoms with Crippen LogP contribution >= 0.6 is 0 Å². The van der Waals surface area contributed by atoms with E-state index in [1.54, 1.807) is 33.8 Å². The van der Waals surface area contributed by atoms with Gasteiger partial charge >= 0.3 is 5.97 Å². The van der Waals surface area contributed by atoms with Crippen LogP contribution in [0.3, 0.4) is 0 Å². The van der Waals surface area contributed by atoms with Crippen molar-refractivity contribution in [3.05, 3.63) is 83.4 Å². The Hall–Kier alpha value is -4.45. The minimum atomic E-state index is -1.85. The average Bonchev–Trinajstić information content (AvgIpc) is 3.40. The molecular formula is C31H30F4N2O6. The largest absolute Gasteiger partial charge is 0.479 e. The summed E-state index contributed by atoms with van der Waals surface area (Å²) in [5, 5.41) is 4.30. The zero-order chi connectivity index (χ0) is 31.5. The molecule has 0 bridgehead atoms. The van der Waals surface area contributed by atoms with E-state index in [2.05, 4.69) is 10.8 Å². The number of ketones is 1. The van der Waals surface area contributed by atoms with E-state index in [1.807, 2.05) is 42.5 Å². The van der Waals surface area contributed by atoms with Crippen LogP contribution in [-0.4, -0.2) is 41.5 Å². The zero-order valence-electron chi connectivity index (χ0n) is 23.9. The molecule has 0 aliphatic carbocycles. The molecule has 1 unspecified atom stereocenters. The van der Waals surface area contributed by atoms with Crippen molar-refractivity contribution in [1.82, 2.24) is 10.8 Å². The van der Waals surface area contributed by atoms with Gasteiger partial charge in [-0.2, -0.15) is 8.78 Å². The number of carbonyl (C=O) groups is 3. The molecule has 0 aromatic heterocycles. The first-order valence-electron chi connectivity index (χ1n) is 13.4. The quantitative estimate of drug-likeness (QED) is 0.185. The van der Waals surface area contributed by atoms with Crippen LogP contribution in [0.1, 0.15) is 46.1 Å². The fraction of sp³-hybridized carbons (Fsp3) is 0.323. The normalized spacial score (nSPS) is 17.2. The smallest absolute Gasteiger partial charge is 0.308 e. The molecule has 1 aliphatic rings. The minimum absolute atomic E-state index is 0.00919. The fourth-order valence-electron chi connectivity index (χ4n) is 4.48. The molecule has 3 aromatic carbocycles. The standard InChI is InChI=1S/C31H30F4N2O6/c1-5-31(15-23(37-43-31)19-12-8-10-17-9-6-7-11-18(17)19)29(40)36-22(14-25(39)42-30(2,3)4)24(38)16-41-28-26(34)20(32)13-21(33)27(28)35/h6-13,15,22,37H,5,14,16H2,1-4H3,(H,36,40)/t22-,31?/m0/s1. The summed E-state index contributed by atoms with van der Waals surface area (Å²) in [5.74, 6) is -11.3. The van der Waals surface area contributed by atoms with E-state index in [9.17, 15) is 31.9 Å². The molecule has 12 heteroatoms. The van der Waals surface area contributed by atoms with E-state index in [-0.39, 0.29) is 12.5 Å². The van der Waals surface area contributed by atoms with Crippen LogP contribution < -0.4 is 15.5 Å². The third kappa shape index (κ3) is 6.96. The Morgan fingerprint density at radius 3 is 2.30 bits per heavy atom. The average molecular weight is 603 g/mol. The van der Waals surface area contributed by atoms with Gasteiger partial charge in [0.05, 0.1) is 12.1 Å². The highest BCUT2D eigenvalue weighted by Crippen LogP contribution is 2.33. The van der Waals surface area contributed by atoms with Gasteiger partial charge in [0.25, 0.3) is 5.91 Å². The highest BCUT2D eigenvalue weighted by molar-refractivity contribution is 5.99. The molecule has 1 amide bonds. The third-order valence-corrected chi connectivity index (χ3v) is 6.63. The van der Waals surface area contributed by atoms with Crippen LogP contribution in [0, 0.1) is 23.3 Å². The SMILES string of the molecule is CCC1(C(=O)N[C@@H](CC(=O)OC(C)(C)C)C(=O)COc2c(F)c(F)cc(F)c2F)C=C(c2cccc3ccccc23)NO1. The monoisotopic (exact) mass is 602 g/mol. The van der Waals surface area contributed by atoms with Gasteiger partial charge in [0.1, 0.15) is 18.2 Å². The lowest BCUT2D eigenvalue weighted by atomic mass is 9.94. The number of esters is 1. The first kappa shape index (κ1) is 31.5. The number of rotatable bonds is 10. The van der Waals surface area contributed by atoms with Crippen LogP contribution in [0.15, 0.2) is 54.6 Å².